The van der Waals surface area contributed by atoms with Crippen molar-refractivity contribution in [2.45, 2.75) is 25.8 Å². The molecule has 6 nitrogen and oxygen atoms in total. The fourth-order valence-corrected chi connectivity index (χ4v) is 4.40. The predicted molar refractivity (Wildman–Crippen MR) is 119 cm³/mol. The van der Waals surface area contributed by atoms with E-state index in [1.54, 1.807) is 18.5 Å². The van der Waals surface area contributed by atoms with Crippen LogP contribution in [0, 0.1) is 5.82 Å². The second-order valence-corrected chi connectivity index (χ2v) is 8.04. The van der Waals surface area contributed by atoms with E-state index in [1.807, 2.05) is 24.3 Å². The van der Waals surface area contributed by atoms with Gasteiger partial charge in [0.2, 0.25) is 0 Å². The van der Waals surface area contributed by atoms with Crippen LogP contribution in [0.2, 0.25) is 0 Å². The smallest absolute Gasteiger partial charge is 0.272 e. The maximum absolute atomic E-state index is 15.0. The Hall–Kier alpha value is -3.32. The molecule has 1 fully saturated rings. The summed E-state index contributed by atoms with van der Waals surface area (Å²) in [4.78, 5) is 19.6. The van der Waals surface area contributed by atoms with Crippen molar-refractivity contribution in [3.63, 3.8) is 0 Å². The van der Waals surface area contributed by atoms with Gasteiger partial charge in [-0.1, -0.05) is 31.2 Å². The number of nitrogens with zero attached hydrogens (tertiary/aromatic N) is 3. The zero-order valence-electron chi connectivity index (χ0n) is 17.4. The number of halogens is 1. The van der Waals surface area contributed by atoms with Gasteiger partial charge < -0.3 is 10.2 Å². The maximum atomic E-state index is 15.0. The number of aromatic nitrogens is 3. The highest BCUT2D eigenvalue weighted by Gasteiger charge is 2.23. The third kappa shape index (κ3) is 3.65. The second kappa shape index (κ2) is 8.07. The standard InChI is InChI=1S/C24H24FN5O/c1-2-30-9-7-16(8-10-30)27-24(31)23-19-11-18(21(25)12-22(19)28-29-23)20-14-26-13-15-5-3-4-6-17(15)20/h3-6,11-14,16H,2,7-10H2,1H3,(H,27,31)(H,28,29). The van der Waals surface area contributed by atoms with E-state index >= 15 is 4.39 Å². The SMILES string of the molecule is CCN1CCC(NC(=O)c2n[nH]c3cc(F)c(-c4cncc5ccccc45)cc23)CC1. The molecule has 5 rings (SSSR count). The molecule has 7 heteroatoms. The van der Waals surface area contributed by atoms with Gasteiger partial charge in [-0.25, -0.2) is 4.39 Å². The Morgan fingerprint density at radius 1 is 1.16 bits per heavy atom. The number of nitrogens with one attached hydrogen (secondary N) is 2. The molecule has 1 aliphatic heterocycles. The Labute approximate surface area is 179 Å². The molecule has 1 amide bonds. The summed E-state index contributed by atoms with van der Waals surface area (Å²) in [6.07, 6.45) is 5.26. The summed E-state index contributed by atoms with van der Waals surface area (Å²) >= 11 is 0. The highest BCUT2D eigenvalue weighted by Crippen LogP contribution is 2.32. The number of carbonyl (C=O) groups is 1. The van der Waals surface area contributed by atoms with Crippen molar-refractivity contribution in [1.82, 2.24) is 25.4 Å². The minimum absolute atomic E-state index is 0.129. The maximum Gasteiger partial charge on any atom is 0.272 e. The number of carbonyl (C=O) groups excluding carboxylic acids is 1. The average molecular weight is 417 g/mol. The third-order valence-corrected chi connectivity index (χ3v) is 6.19. The first kappa shape index (κ1) is 19.6. The van der Waals surface area contributed by atoms with Gasteiger partial charge in [0.15, 0.2) is 5.69 Å². The molecule has 4 aromatic rings. The normalized spacial score (nSPS) is 15.5. The van der Waals surface area contributed by atoms with E-state index in [2.05, 4.69) is 32.3 Å². The van der Waals surface area contributed by atoms with Crippen molar-refractivity contribution in [3.05, 3.63) is 60.3 Å². The van der Waals surface area contributed by atoms with Gasteiger partial charge >= 0.3 is 0 Å². The monoisotopic (exact) mass is 417 g/mol. The Balaban J connectivity index is 1.49. The van der Waals surface area contributed by atoms with E-state index in [4.69, 9.17) is 0 Å². The van der Waals surface area contributed by atoms with Crippen molar-refractivity contribution < 1.29 is 9.18 Å². The number of fused-ring (bicyclic) bond motifs is 2. The van der Waals surface area contributed by atoms with Gasteiger partial charge in [-0.05, 0) is 30.8 Å². The number of pyridine rings is 1. The van der Waals surface area contributed by atoms with Gasteiger partial charge in [0.1, 0.15) is 5.82 Å². The third-order valence-electron chi connectivity index (χ3n) is 6.19. The summed E-state index contributed by atoms with van der Waals surface area (Å²) in [5, 5.41) is 12.6. The molecule has 2 aromatic heterocycles. The minimum atomic E-state index is -0.381. The highest BCUT2D eigenvalue weighted by atomic mass is 19.1. The van der Waals surface area contributed by atoms with Crippen LogP contribution in [0.3, 0.4) is 0 Å². The first-order valence-electron chi connectivity index (χ1n) is 10.7. The minimum Gasteiger partial charge on any atom is -0.348 e. The molecule has 0 spiro atoms. The number of amides is 1. The number of rotatable bonds is 4. The van der Waals surface area contributed by atoms with E-state index in [0.29, 0.717) is 27.7 Å². The van der Waals surface area contributed by atoms with Crippen LogP contribution in [-0.4, -0.2) is 51.7 Å². The molecule has 1 saturated heterocycles. The van der Waals surface area contributed by atoms with Crippen LogP contribution in [0.15, 0.2) is 48.8 Å². The average Bonchev–Trinajstić information content (AvgIpc) is 3.21. The van der Waals surface area contributed by atoms with Crippen molar-refractivity contribution in [3.8, 4) is 11.1 Å². The second-order valence-electron chi connectivity index (χ2n) is 8.04. The number of hydrogen-bond acceptors (Lipinski definition) is 4. The summed E-state index contributed by atoms with van der Waals surface area (Å²) in [6.45, 7) is 5.14. The highest BCUT2D eigenvalue weighted by molar-refractivity contribution is 6.07. The molecule has 31 heavy (non-hydrogen) atoms. The lowest BCUT2D eigenvalue weighted by Crippen LogP contribution is -2.44. The van der Waals surface area contributed by atoms with E-state index < -0.39 is 0 Å². The summed E-state index contributed by atoms with van der Waals surface area (Å²) in [5.74, 6) is -0.608. The molecule has 2 N–H and O–H groups in total. The molecule has 1 aliphatic rings. The fourth-order valence-electron chi connectivity index (χ4n) is 4.40. The van der Waals surface area contributed by atoms with E-state index in [1.165, 1.54) is 6.07 Å². The zero-order chi connectivity index (χ0) is 21.4. The molecule has 3 heterocycles. The van der Waals surface area contributed by atoms with Crippen molar-refractivity contribution in [2.75, 3.05) is 19.6 Å². The lowest BCUT2D eigenvalue weighted by molar-refractivity contribution is 0.0909. The molecule has 0 radical (unpaired) electrons. The van der Waals surface area contributed by atoms with Crippen LogP contribution >= 0.6 is 0 Å². The lowest BCUT2D eigenvalue weighted by Gasteiger charge is -2.31. The van der Waals surface area contributed by atoms with E-state index in [9.17, 15) is 4.79 Å². The number of H-pyrrole nitrogens is 1. The first-order valence-corrected chi connectivity index (χ1v) is 10.7. The van der Waals surface area contributed by atoms with Gasteiger partial charge in [0, 0.05) is 59.5 Å². The van der Waals surface area contributed by atoms with Gasteiger partial charge in [-0.2, -0.15) is 5.10 Å². The van der Waals surface area contributed by atoms with Crippen LogP contribution in [0.1, 0.15) is 30.3 Å². The Bertz CT molecular complexity index is 1250. The van der Waals surface area contributed by atoms with Crippen molar-refractivity contribution in [2.24, 2.45) is 0 Å². The molecule has 0 unspecified atom stereocenters. The molecular weight excluding hydrogens is 393 g/mol. The molecular formula is C24H24FN5O. The Morgan fingerprint density at radius 2 is 1.97 bits per heavy atom. The first-order chi connectivity index (χ1) is 15.1. The largest absolute Gasteiger partial charge is 0.348 e. The van der Waals surface area contributed by atoms with Crippen molar-refractivity contribution >= 4 is 27.6 Å². The molecule has 158 valence electrons. The van der Waals surface area contributed by atoms with Gasteiger partial charge in [-0.3, -0.25) is 14.9 Å². The summed E-state index contributed by atoms with van der Waals surface area (Å²) in [5.41, 5.74) is 1.89. The van der Waals surface area contributed by atoms with Crippen molar-refractivity contribution in [1.29, 1.82) is 0 Å². The number of piperidine rings is 1. The van der Waals surface area contributed by atoms with E-state index in [-0.39, 0.29) is 17.8 Å². The van der Waals surface area contributed by atoms with Gasteiger partial charge in [0.05, 0.1) is 5.52 Å². The predicted octanol–water partition coefficient (Wildman–Crippen LogP) is 4.13. The van der Waals surface area contributed by atoms with E-state index in [0.717, 1.165) is 43.2 Å². The molecule has 0 saturated carbocycles. The summed E-state index contributed by atoms with van der Waals surface area (Å²) in [7, 11) is 0. The van der Waals surface area contributed by atoms with Crippen LogP contribution in [-0.2, 0) is 0 Å². The lowest BCUT2D eigenvalue weighted by atomic mass is 9.98. The Kier molecular flexibility index (Phi) is 5.11. The van der Waals surface area contributed by atoms with Crippen LogP contribution in [0.4, 0.5) is 4.39 Å². The number of likely N-dealkylation sites (tertiary alicyclic amines) is 1. The Morgan fingerprint density at radius 3 is 2.77 bits per heavy atom. The number of aromatic amines is 1. The van der Waals surface area contributed by atoms with Gasteiger partial charge in [-0.15, -0.1) is 0 Å². The summed E-state index contributed by atoms with van der Waals surface area (Å²) < 4.78 is 15.0. The molecule has 0 aliphatic carbocycles. The zero-order valence-corrected chi connectivity index (χ0v) is 17.4. The summed E-state index contributed by atoms with van der Waals surface area (Å²) in [6, 6.07) is 11.0. The van der Waals surface area contributed by atoms with Crippen LogP contribution < -0.4 is 5.32 Å². The van der Waals surface area contributed by atoms with Crippen LogP contribution in [0.25, 0.3) is 32.8 Å². The molecule has 0 atom stereocenters. The topological polar surface area (TPSA) is 73.9 Å². The molecule has 0 bridgehead atoms. The van der Waals surface area contributed by atoms with Crippen LogP contribution in [0.5, 0.6) is 0 Å². The molecule has 2 aromatic carbocycles. The number of benzene rings is 2. The quantitative estimate of drug-likeness (QED) is 0.524. The van der Waals surface area contributed by atoms with Gasteiger partial charge in [0.25, 0.3) is 5.91 Å². The fraction of sp³-hybridized carbons (Fsp3) is 0.292. The number of hydrogen-bond donors (Lipinski definition) is 2.